The molecule has 170 valence electrons. The zero-order chi connectivity index (χ0) is 23.0. The van der Waals surface area contributed by atoms with Crippen LogP contribution in [0.15, 0.2) is 78.0 Å². The molecule has 7 nitrogen and oxygen atoms in total. The van der Waals surface area contributed by atoms with Gasteiger partial charge in [-0.15, -0.1) is 0 Å². The quantitative estimate of drug-likeness (QED) is 0.306. The van der Waals surface area contributed by atoms with Gasteiger partial charge in [-0.25, -0.2) is 4.98 Å². The third-order valence-electron chi connectivity index (χ3n) is 5.31. The zero-order valence-corrected chi connectivity index (χ0v) is 19.2. The third kappa shape index (κ3) is 5.44. The van der Waals surface area contributed by atoms with Gasteiger partial charge in [0.05, 0.1) is 31.1 Å². The molecule has 2 N–H and O–H groups in total. The number of aliphatic imine (C=N–C) groups is 1. The van der Waals surface area contributed by atoms with E-state index in [-0.39, 0.29) is 0 Å². The second kappa shape index (κ2) is 10.5. The zero-order valence-electron chi connectivity index (χ0n) is 19.2. The highest BCUT2D eigenvalue weighted by atomic mass is 16.5. The molecule has 4 rings (SSSR count). The van der Waals surface area contributed by atoms with Crippen molar-refractivity contribution >= 4 is 22.7 Å². The van der Waals surface area contributed by atoms with Crippen molar-refractivity contribution in [2.24, 2.45) is 4.99 Å². The van der Waals surface area contributed by atoms with E-state index in [1.54, 1.807) is 14.2 Å². The molecule has 0 aliphatic rings. The lowest BCUT2D eigenvalue weighted by Crippen LogP contribution is -2.30. The monoisotopic (exact) mass is 443 g/mol. The number of aromatic nitrogens is 2. The molecule has 4 aromatic rings. The van der Waals surface area contributed by atoms with Crippen LogP contribution in [0.3, 0.4) is 0 Å². The lowest BCUT2D eigenvalue weighted by molar-refractivity contribution is 0.311. The standard InChI is InChI=1S/C26H29N5O2/c1-4-33-25-15-21(13-14-24(25)32-3)30-26(27-2)28-16-19-9-11-20(12-10-19)17-31-18-29-22-7-5-6-8-23(22)31/h5-15,18H,4,16-17H2,1-3H3,(H2,27,28,30). The maximum atomic E-state index is 5.65. The summed E-state index contributed by atoms with van der Waals surface area (Å²) < 4.78 is 13.2. The molecule has 0 radical (unpaired) electrons. The van der Waals surface area contributed by atoms with Crippen molar-refractivity contribution in [3.63, 3.8) is 0 Å². The first-order chi connectivity index (χ1) is 16.2. The number of guanidine groups is 1. The Labute approximate surface area is 194 Å². The van der Waals surface area contributed by atoms with Crippen LogP contribution in [-0.2, 0) is 13.1 Å². The maximum Gasteiger partial charge on any atom is 0.195 e. The van der Waals surface area contributed by atoms with E-state index in [4.69, 9.17) is 9.47 Å². The van der Waals surface area contributed by atoms with Crippen molar-refractivity contribution in [3.8, 4) is 11.5 Å². The Bertz CT molecular complexity index is 1230. The van der Waals surface area contributed by atoms with Gasteiger partial charge in [-0.3, -0.25) is 4.99 Å². The Morgan fingerprint density at radius 2 is 1.79 bits per heavy atom. The number of imidazole rings is 1. The van der Waals surface area contributed by atoms with Crippen LogP contribution in [0.5, 0.6) is 11.5 Å². The number of anilines is 1. The van der Waals surface area contributed by atoms with E-state index < -0.39 is 0 Å². The van der Waals surface area contributed by atoms with Gasteiger partial charge in [0.15, 0.2) is 17.5 Å². The van der Waals surface area contributed by atoms with Crippen LogP contribution in [0.2, 0.25) is 0 Å². The van der Waals surface area contributed by atoms with Crippen molar-refractivity contribution < 1.29 is 9.47 Å². The molecule has 0 saturated heterocycles. The summed E-state index contributed by atoms with van der Waals surface area (Å²) >= 11 is 0. The van der Waals surface area contributed by atoms with Crippen LogP contribution in [0.25, 0.3) is 11.0 Å². The first-order valence-corrected chi connectivity index (χ1v) is 11.0. The summed E-state index contributed by atoms with van der Waals surface area (Å²) in [4.78, 5) is 8.79. The van der Waals surface area contributed by atoms with Gasteiger partial charge in [0.2, 0.25) is 0 Å². The summed E-state index contributed by atoms with van der Waals surface area (Å²) in [6.07, 6.45) is 1.89. The molecule has 1 heterocycles. The van der Waals surface area contributed by atoms with Crippen LogP contribution < -0.4 is 20.1 Å². The number of para-hydroxylation sites is 2. The highest BCUT2D eigenvalue weighted by molar-refractivity contribution is 5.93. The second-order valence-corrected chi connectivity index (χ2v) is 7.53. The first-order valence-electron chi connectivity index (χ1n) is 11.0. The number of nitrogens with zero attached hydrogens (tertiary/aromatic N) is 3. The Morgan fingerprint density at radius 3 is 2.55 bits per heavy atom. The smallest absolute Gasteiger partial charge is 0.195 e. The van der Waals surface area contributed by atoms with Crippen molar-refractivity contribution in [1.82, 2.24) is 14.9 Å². The number of fused-ring (bicyclic) bond motifs is 1. The average Bonchev–Trinajstić information content (AvgIpc) is 3.26. The highest BCUT2D eigenvalue weighted by Gasteiger charge is 2.07. The number of nitrogens with one attached hydrogen (secondary N) is 2. The molecule has 0 atom stereocenters. The molecule has 3 aromatic carbocycles. The van der Waals surface area contributed by atoms with E-state index >= 15 is 0 Å². The predicted octanol–water partition coefficient (Wildman–Crippen LogP) is 4.68. The van der Waals surface area contributed by atoms with Crippen molar-refractivity contribution in [1.29, 1.82) is 0 Å². The summed E-state index contributed by atoms with van der Waals surface area (Å²) in [5, 5.41) is 6.66. The van der Waals surface area contributed by atoms with Crippen molar-refractivity contribution in [3.05, 3.63) is 84.2 Å². The number of benzene rings is 3. The van der Waals surface area contributed by atoms with E-state index in [9.17, 15) is 0 Å². The first kappa shape index (κ1) is 22.2. The number of hydrogen-bond donors (Lipinski definition) is 2. The van der Waals surface area contributed by atoms with Crippen LogP contribution in [0.4, 0.5) is 5.69 Å². The molecule has 0 amide bonds. The molecule has 0 aliphatic heterocycles. The Kier molecular flexibility index (Phi) is 7.09. The maximum absolute atomic E-state index is 5.65. The van der Waals surface area contributed by atoms with E-state index in [1.165, 1.54) is 11.1 Å². The molecular formula is C26H29N5O2. The fourth-order valence-corrected chi connectivity index (χ4v) is 3.62. The fraction of sp³-hybridized carbons (Fsp3) is 0.231. The normalized spacial score (nSPS) is 11.4. The van der Waals surface area contributed by atoms with Gasteiger partial charge in [0.25, 0.3) is 0 Å². The number of methoxy groups -OCH3 is 1. The molecule has 0 bridgehead atoms. The molecule has 1 aromatic heterocycles. The third-order valence-corrected chi connectivity index (χ3v) is 5.31. The molecule has 0 aliphatic carbocycles. The van der Waals surface area contributed by atoms with Crippen LogP contribution in [0.1, 0.15) is 18.1 Å². The SMILES string of the molecule is CCOc1cc(NC(=NC)NCc2ccc(Cn3cnc4ccccc43)cc2)ccc1OC. The van der Waals surface area contributed by atoms with Gasteiger partial charge in [-0.2, -0.15) is 0 Å². The summed E-state index contributed by atoms with van der Waals surface area (Å²) in [5.74, 6) is 2.08. The minimum absolute atomic E-state index is 0.569. The molecule has 0 unspecified atom stereocenters. The summed E-state index contributed by atoms with van der Waals surface area (Å²) in [7, 11) is 3.38. The molecule has 0 fully saturated rings. The fourth-order valence-electron chi connectivity index (χ4n) is 3.62. The average molecular weight is 444 g/mol. The van der Waals surface area contributed by atoms with Gasteiger partial charge in [0.1, 0.15) is 0 Å². The summed E-state index contributed by atoms with van der Waals surface area (Å²) in [6, 6.07) is 22.5. The Balaban J connectivity index is 1.35. The van der Waals surface area contributed by atoms with Crippen LogP contribution in [-0.4, -0.2) is 36.3 Å². The van der Waals surface area contributed by atoms with Crippen molar-refractivity contribution in [2.45, 2.75) is 20.0 Å². The Morgan fingerprint density at radius 1 is 1.00 bits per heavy atom. The van der Waals surface area contributed by atoms with Gasteiger partial charge in [-0.05, 0) is 42.3 Å². The van der Waals surface area contributed by atoms with E-state index in [0.717, 1.165) is 23.3 Å². The molecular weight excluding hydrogens is 414 g/mol. The van der Waals surface area contributed by atoms with E-state index in [0.29, 0.717) is 30.6 Å². The molecule has 33 heavy (non-hydrogen) atoms. The Hall–Kier alpha value is -4.00. The lowest BCUT2D eigenvalue weighted by Gasteiger charge is -2.15. The van der Waals surface area contributed by atoms with Gasteiger partial charge >= 0.3 is 0 Å². The molecule has 0 saturated carbocycles. The van der Waals surface area contributed by atoms with E-state index in [1.807, 2.05) is 49.6 Å². The second-order valence-electron chi connectivity index (χ2n) is 7.53. The van der Waals surface area contributed by atoms with Gasteiger partial charge < -0.3 is 24.7 Å². The van der Waals surface area contributed by atoms with Gasteiger partial charge in [-0.1, -0.05) is 36.4 Å². The largest absolute Gasteiger partial charge is 0.493 e. The van der Waals surface area contributed by atoms with Crippen molar-refractivity contribution in [2.75, 3.05) is 26.1 Å². The lowest BCUT2D eigenvalue weighted by atomic mass is 10.1. The highest BCUT2D eigenvalue weighted by Crippen LogP contribution is 2.30. The number of ether oxygens (including phenoxy) is 2. The molecule has 7 heteroatoms. The minimum atomic E-state index is 0.569. The van der Waals surface area contributed by atoms with E-state index in [2.05, 4.69) is 55.5 Å². The summed E-state index contributed by atoms with van der Waals surface area (Å²) in [5.41, 5.74) is 5.43. The minimum Gasteiger partial charge on any atom is -0.493 e. The van der Waals surface area contributed by atoms with Crippen LogP contribution in [0, 0.1) is 0 Å². The summed E-state index contributed by atoms with van der Waals surface area (Å²) in [6.45, 7) is 3.96. The van der Waals surface area contributed by atoms with Gasteiger partial charge in [0, 0.05) is 31.9 Å². The molecule has 0 spiro atoms. The predicted molar refractivity (Wildman–Crippen MR) is 133 cm³/mol. The number of hydrogen-bond acceptors (Lipinski definition) is 4. The number of rotatable bonds is 8. The topological polar surface area (TPSA) is 72.7 Å². The van der Waals surface area contributed by atoms with Crippen LogP contribution >= 0.6 is 0 Å².